The number of aromatic nitrogens is 1. The minimum atomic E-state index is -0.606. The fraction of sp³-hybridized carbons (Fsp3) is 0.0678. The standard InChI is InChI=1S/C59H42N2O/c1-58(2)51-22-12-9-19-47(51)50-35-34-46(38-54(50)58)61(44-30-25-40(26-31-44)39-15-5-3-6-16-39)45-32-27-42(28-33-45)59(52-23-13-10-20-48(52)49-21-11-14-24-53(49)59)43-29-36-55-56(37-43)62-57(60-55)41-17-7-4-8-18-41/h3-38H,1-2H3. The van der Waals surface area contributed by atoms with E-state index >= 15 is 0 Å². The highest BCUT2D eigenvalue weighted by Gasteiger charge is 2.46. The molecule has 2 aliphatic carbocycles. The molecule has 0 bridgehead atoms. The van der Waals surface area contributed by atoms with Gasteiger partial charge in [-0.05, 0) is 127 Å². The van der Waals surface area contributed by atoms with Crippen molar-refractivity contribution in [3.63, 3.8) is 0 Å². The minimum Gasteiger partial charge on any atom is -0.436 e. The van der Waals surface area contributed by atoms with Crippen LogP contribution in [0.1, 0.15) is 47.2 Å². The van der Waals surface area contributed by atoms with E-state index in [2.05, 4.69) is 207 Å². The predicted molar refractivity (Wildman–Crippen MR) is 254 cm³/mol. The fourth-order valence-electron chi connectivity index (χ4n) is 10.5. The van der Waals surface area contributed by atoms with Gasteiger partial charge in [-0.15, -0.1) is 0 Å². The van der Waals surface area contributed by atoms with Crippen LogP contribution in [0.4, 0.5) is 17.1 Å². The molecule has 2 aliphatic rings. The molecule has 12 rings (SSSR count). The average molecular weight is 795 g/mol. The van der Waals surface area contributed by atoms with E-state index in [1.165, 1.54) is 61.2 Å². The molecule has 1 aromatic heterocycles. The van der Waals surface area contributed by atoms with Crippen molar-refractivity contribution in [3.05, 3.63) is 252 Å². The third-order valence-electron chi connectivity index (χ3n) is 13.4. The van der Waals surface area contributed by atoms with Crippen LogP contribution in [0, 0.1) is 0 Å². The van der Waals surface area contributed by atoms with Crippen LogP contribution < -0.4 is 4.90 Å². The summed E-state index contributed by atoms with van der Waals surface area (Å²) >= 11 is 0. The van der Waals surface area contributed by atoms with Crippen LogP contribution >= 0.6 is 0 Å². The Bertz CT molecular complexity index is 3260. The minimum absolute atomic E-state index is 0.128. The van der Waals surface area contributed by atoms with Crippen molar-refractivity contribution in [2.75, 3.05) is 4.90 Å². The summed E-state index contributed by atoms with van der Waals surface area (Å²) < 4.78 is 6.55. The number of hydrogen-bond donors (Lipinski definition) is 0. The van der Waals surface area contributed by atoms with Gasteiger partial charge in [0.2, 0.25) is 5.89 Å². The number of nitrogens with zero attached hydrogens (tertiary/aromatic N) is 2. The Morgan fingerprint density at radius 1 is 0.387 bits per heavy atom. The Kier molecular flexibility index (Phi) is 8.10. The molecule has 0 spiro atoms. The summed E-state index contributed by atoms with van der Waals surface area (Å²) in [6, 6.07) is 79.3. The van der Waals surface area contributed by atoms with Gasteiger partial charge < -0.3 is 9.32 Å². The molecule has 0 saturated heterocycles. The highest BCUT2D eigenvalue weighted by atomic mass is 16.3. The number of anilines is 3. The Balaban J connectivity index is 1.03. The maximum atomic E-state index is 6.55. The van der Waals surface area contributed by atoms with Gasteiger partial charge in [-0.2, -0.15) is 0 Å². The van der Waals surface area contributed by atoms with Gasteiger partial charge in [0.1, 0.15) is 5.52 Å². The first-order chi connectivity index (χ1) is 30.5. The second-order valence-corrected chi connectivity index (χ2v) is 17.1. The van der Waals surface area contributed by atoms with Crippen LogP contribution in [0.2, 0.25) is 0 Å². The molecule has 0 amide bonds. The lowest BCUT2D eigenvalue weighted by molar-refractivity contribution is 0.618. The van der Waals surface area contributed by atoms with E-state index in [1.807, 2.05) is 30.3 Å². The smallest absolute Gasteiger partial charge is 0.227 e. The molecule has 3 heteroatoms. The van der Waals surface area contributed by atoms with Crippen LogP contribution in [0.25, 0.3) is 55.9 Å². The quantitative estimate of drug-likeness (QED) is 0.161. The zero-order valence-corrected chi connectivity index (χ0v) is 34.6. The molecule has 0 N–H and O–H groups in total. The van der Waals surface area contributed by atoms with Crippen molar-refractivity contribution < 1.29 is 4.42 Å². The first-order valence-electron chi connectivity index (χ1n) is 21.4. The number of rotatable bonds is 7. The summed E-state index contributed by atoms with van der Waals surface area (Å²) in [5.74, 6) is 0.624. The van der Waals surface area contributed by atoms with Crippen LogP contribution in [0.5, 0.6) is 0 Å². The van der Waals surface area contributed by atoms with Crippen LogP contribution in [-0.2, 0) is 10.8 Å². The topological polar surface area (TPSA) is 29.3 Å². The van der Waals surface area contributed by atoms with E-state index in [-0.39, 0.29) is 5.41 Å². The molecule has 9 aromatic carbocycles. The molecule has 0 aliphatic heterocycles. The zero-order valence-electron chi connectivity index (χ0n) is 34.6. The first kappa shape index (κ1) is 36.1. The summed E-state index contributed by atoms with van der Waals surface area (Å²) in [4.78, 5) is 7.33. The maximum absolute atomic E-state index is 6.55. The Hall–Kier alpha value is -7.75. The fourth-order valence-corrected chi connectivity index (χ4v) is 10.5. The van der Waals surface area contributed by atoms with E-state index in [9.17, 15) is 0 Å². The first-order valence-corrected chi connectivity index (χ1v) is 21.4. The molecular formula is C59H42N2O. The van der Waals surface area contributed by atoms with Gasteiger partial charge >= 0.3 is 0 Å². The molecule has 0 radical (unpaired) electrons. The summed E-state index contributed by atoms with van der Waals surface area (Å²) in [5, 5.41) is 0. The monoisotopic (exact) mass is 794 g/mol. The second-order valence-electron chi connectivity index (χ2n) is 17.1. The lowest BCUT2D eigenvalue weighted by Gasteiger charge is -2.34. The normalized spacial score (nSPS) is 13.9. The van der Waals surface area contributed by atoms with Gasteiger partial charge in [0.15, 0.2) is 5.58 Å². The third kappa shape index (κ3) is 5.41. The average Bonchev–Trinajstić information content (AvgIpc) is 3.97. The van der Waals surface area contributed by atoms with Gasteiger partial charge in [-0.3, -0.25) is 0 Å². The van der Waals surface area contributed by atoms with Gasteiger partial charge in [-0.1, -0.05) is 172 Å². The lowest BCUT2D eigenvalue weighted by Crippen LogP contribution is -2.28. The van der Waals surface area contributed by atoms with Gasteiger partial charge in [-0.25, -0.2) is 4.98 Å². The molecule has 294 valence electrons. The largest absolute Gasteiger partial charge is 0.436 e. The van der Waals surface area contributed by atoms with Crippen molar-refractivity contribution in [1.29, 1.82) is 0 Å². The molecule has 0 fully saturated rings. The Morgan fingerprint density at radius 3 is 1.52 bits per heavy atom. The van der Waals surface area contributed by atoms with Crippen molar-refractivity contribution in [3.8, 4) is 44.8 Å². The lowest BCUT2D eigenvalue weighted by atomic mass is 9.67. The third-order valence-corrected chi connectivity index (χ3v) is 13.4. The van der Waals surface area contributed by atoms with Crippen LogP contribution in [0.3, 0.4) is 0 Å². The van der Waals surface area contributed by atoms with Gasteiger partial charge in [0, 0.05) is 28.0 Å². The molecular weight excluding hydrogens is 753 g/mol. The summed E-state index contributed by atoms with van der Waals surface area (Å²) in [7, 11) is 0. The van der Waals surface area contributed by atoms with Crippen molar-refractivity contribution in [2.24, 2.45) is 0 Å². The van der Waals surface area contributed by atoms with Crippen LogP contribution in [0.15, 0.2) is 223 Å². The summed E-state index contributed by atoms with van der Waals surface area (Å²) in [6.45, 7) is 4.70. The van der Waals surface area contributed by atoms with E-state index in [0.29, 0.717) is 5.89 Å². The number of oxazole rings is 1. The summed E-state index contributed by atoms with van der Waals surface area (Å²) in [5.41, 5.74) is 20.2. The molecule has 10 aromatic rings. The maximum Gasteiger partial charge on any atom is 0.227 e. The molecule has 0 atom stereocenters. The molecule has 0 saturated carbocycles. The molecule has 62 heavy (non-hydrogen) atoms. The van der Waals surface area contributed by atoms with Crippen molar-refractivity contribution in [2.45, 2.75) is 24.7 Å². The molecule has 3 nitrogen and oxygen atoms in total. The predicted octanol–water partition coefficient (Wildman–Crippen LogP) is 15.3. The zero-order chi connectivity index (χ0) is 41.4. The highest BCUT2D eigenvalue weighted by Crippen LogP contribution is 2.57. The van der Waals surface area contributed by atoms with E-state index < -0.39 is 5.41 Å². The Morgan fingerprint density at radius 2 is 0.871 bits per heavy atom. The van der Waals surface area contributed by atoms with E-state index in [0.717, 1.165) is 39.3 Å². The SMILES string of the molecule is CC1(C)c2ccccc2-c2ccc(N(c3ccc(-c4ccccc4)cc3)c3ccc(C4(c5ccc6nc(-c7ccccc7)oc6c5)c5ccccc5-c5ccccc54)cc3)cc21. The molecule has 0 unspecified atom stereocenters. The van der Waals surface area contributed by atoms with E-state index in [1.54, 1.807) is 0 Å². The summed E-state index contributed by atoms with van der Waals surface area (Å²) in [6.07, 6.45) is 0. The van der Waals surface area contributed by atoms with Gasteiger partial charge in [0.25, 0.3) is 0 Å². The van der Waals surface area contributed by atoms with E-state index in [4.69, 9.17) is 9.40 Å². The van der Waals surface area contributed by atoms with Gasteiger partial charge in [0.05, 0.1) is 5.41 Å². The molecule has 1 heterocycles. The van der Waals surface area contributed by atoms with Crippen LogP contribution in [-0.4, -0.2) is 4.98 Å². The number of benzene rings is 9. The number of hydrogen-bond acceptors (Lipinski definition) is 3. The Labute approximate surface area is 362 Å². The number of fused-ring (bicyclic) bond motifs is 7. The highest BCUT2D eigenvalue weighted by molar-refractivity contribution is 5.89. The van der Waals surface area contributed by atoms with Crippen molar-refractivity contribution in [1.82, 2.24) is 4.98 Å². The second kappa shape index (κ2) is 13.9. The van der Waals surface area contributed by atoms with Crippen molar-refractivity contribution >= 4 is 28.2 Å².